The van der Waals surface area contributed by atoms with Crippen molar-refractivity contribution >= 4 is 0 Å². The Morgan fingerprint density at radius 2 is 2.42 bits per heavy atom. The summed E-state index contributed by atoms with van der Waals surface area (Å²) in [6, 6.07) is 4.31. The van der Waals surface area contributed by atoms with Gasteiger partial charge in [-0.05, 0) is 36.3 Å². The minimum atomic E-state index is 0.722. The summed E-state index contributed by atoms with van der Waals surface area (Å²) in [5.41, 5.74) is 2.88. The van der Waals surface area contributed by atoms with Gasteiger partial charge in [0.1, 0.15) is 0 Å². The van der Waals surface area contributed by atoms with Crippen LogP contribution in [-0.2, 0) is 6.42 Å². The van der Waals surface area contributed by atoms with Crippen LogP contribution < -0.4 is 0 Å². The van der Waals surface area contributed by atoms with E-state index in [-0.39, 0.29) is 0 Å². The van der Waals surface area contributed by atoms with E-state index >= 15 is 0 Å². The predicted octanol–water partition coefficient (Wildman–Crippen LogP) is 2.38. The van der Waals surface area contributed by atoms with Crippen molar-refractivity contribution < 1.29 is 0 Å². The monoisotopic (exact) mass is 159 g/mol. The molecule has 0 aliphatic heterocycles. The van der Waals surface area contributed by atoms with Crippen LogP contribution in [0.2, 0.25) is 0 Å². The van der Waals surface area contributed by atoms with Crippen LogP contribution >= 0.6 is 0 Å². The van der Waals surface area contributed by atoms with Gasteiger partial charge in [0.2, 0.25) is 0 Å². The van der Waals surface area contributed by atoms with Gasteiger partial charge in [-0.3, -0.25) is 4.98 Å². The van der Waals surface area contributed by atoms with Gasteiger partial charge >= 0.3 is 0 Å². The van der Waals surface area contributed by atoms with Crippen molar-refractivity contribution in [3.05, 3.63) is 29.6 Å². The van der Waals surface area contributed by atoms with E-state index < -0.39 is 0 Å². The van der Waals surface area contributed by atoms with Gasteiger partial charge in [0.25, 0.3) is 0 Å². The van der Waals surface area contributed by atoms with Gasteiger partial charge in [0.05, 0.1) is 0 Å². The first kappa shape index (κ1) is 6.64. The summed E-state index contributed by atoms with van der Waals surface area (Å²) >= 11 is 0. The summed E-state index contributed by atoms with van der Waals surface area (Å²) in [4.78, 5) is 4.48. The molecule has 1 aromatic heterocycles. The lowest BCUT2D eigenvalue weighted by Crippen LogP contribution is -2.11. The fraction of sp³-hybridized carbons (Fsp3) is 0.545. The Hall–Kier alpha value is -0.850. The van der Waals surface area contributed by atoms with Gasteiger partial charge < -0.3 is 0 Å². The molecule has 1 aromatic rings. The molecule has 0 bridgehead atoms. The van der Waals surface area contributed by atoms with Crippen molar-refractivity contribution in [1.29, 1.82) is 0 Å². The molecular weight excluding hydrogens is 146 g/mol. The molecule has 0 amide bonds. The third-order valence-electron chi connectivity index (χ3n) is 3.46. The highest BCUT2D eigenvalue weighted by Gasteiger charge is 2.45. The van der Waals surface area contributed by atoms with E-state index in [1.807, 2.05) is 6.20 Å². The molecule has 3 rings (SSSR count). The van der Waals surface area contributed by atoms with Crippen LogP contribution in [-0.4, -0.2) is 4.98 Å². The standard InChI is InChI=1S/C11H13N/c1-7-10-6-9(10)5-8-3-2-4-12-11(7)8/h2-4,7,9-10H,5-6H2,1H3. The number of fused-ring (bicyclic) bond motifs is 2. The topological polar surface area (TPSA) is 12.9 Å². The fourth-order valence-corrected chi connectivity index (χ4v) is 2.64. The van der Waals surface area contributed by atoms with Crippen molar-refractivity contribution in [3.63, 3.8) is 0 Å². The first-order chi connectivity index (χ1) is 5.86. The minimum absolute atomic E-state index is 0.722. The highest BCUT2D eigenvalue weighted by molar-refractivity contribution is 5.30. The Morgan fingerprint density at radius 1 is 1.50 bits per heavy atom. The summed E-state index contributed by atoms with van der Waals surface area (Å²) in [7, 11) is 0. The van der Waals surface area contributed by atoms with Crippen LogP contribution in [0, 0.1) is 11.8 Å². The number of nitrogens with zero attached hydrogens (tertiary/aromatic N) is 1. The zero-order chi connectivity index (χ0) is 8.13. The SMILES string of the molecule is CC1c2ncccc2CC2CC21. The first-order valence-electron chi connectivity index (χ1n) is 4.80. The number of pyridine rings is 1. The molecule has 3 atom stereocenters. The molecule has 2 aliphatic rings. The molecule has 2 aliphatic carbocycles. The second-order valence-electron chi connectivity index (χ2n) is 4.20. The maximum Gasteiger partial charge on any atom is 0.0466 e. The van der Waals surface area contributed by atoms with Gasteiger partial charge in [-0.15, -0.1) is 0 Å². The smallest absolute Gasteiger partial charge is 0.0466 e. The van der Waals surface area contributed by atoms with Crippen LogP contribution in [0.5, 0.6) is 0 Å². The van der Waals surface area contributed by atoms with Crippen molar-refractivity contribution in [1.82, 2.24) is 4.98 Å². The zero-order valence-corrected chi connectivity index (χ0v) is 7.33. The zero-order valence-electron chi connectivity index (χ0n) is 7.33. The Kier molecular flexibility index (Phi) is 1.16. The largest absolute Gasteiger partial charge is 0.261 e. The van der Waals surface area contributed by atoms with E-state index in [0.717, 1.165) is 17.8 Å². The van der Waals surface area contributed by atoms with E-state index in [0.29, 0.717) is 0 Å². The average molecular weight is 159 g/mol. The van der Waals surface area contributed by atoms with E-state index in [1.54, 1.807) is 0 Å². The lowest BCUT2D eigenvalue weighted by Gasteiger charge is -2.19. The lowest BCUT2D eigenvalue weighted by molar-refractivity contribution is 0.541. The third kappa shape index (κ3) is 0.767. The van der Waals surface area contributed by atoms with Crippen LogP contribution in [0.3, 0.4) is 0 Å². The van der Waals surface area contributed by atoms with Crippen LogP contribution in [0.4, 0.5) is 0 Å². The summed E-state index contributed by atoms with van der Waals surface area (Å²) in [6.45, 7) is 2.33. The Morgan fingerprint density at radius 3 is 3.33 bits per heavy atom. The van der Waals surface area contributed by atoms with E-state index in [2.05, 4.69) is 24.0 Å². The Balaban J connectivity index is 2.11. The van der Waals surface area contributed by atoms with Crippen LogP contribution in [0.1, 0.15) is 30.5 Å². The van der Waals surface area contributed by atoms with Gasteiger partial charge in [-0.2, -0.15) is 0 Å². The number of aromatic nitrogens is 1. The van der Waals surface area contributed by atoms with E-state index in [9.17, 15) is 0 Å². The Bertz CT molecular complexity index is 319. The third-order valence-corrected chi connectivity index (χ3v) is 3.46. The van der Waals surface area contributed by atoms with E-state index in [4.69, 9.17) is 0 Å². The Labute approximate surface area is 72.8 Å². The molecule has 1 heterocycles. The first-order valence-corrected chi connectivity index (χ1v) is 4.80. The van der Waals surface area contributed by atoms with Crippen molar-refractivity contribution in [2.45, 2.75) is 25.7 Å². The summed E-state index contributed by atoms with van der Waals surface area (Å²) in [6.07, 6.45) is 4.66. The molecule has 1 heteroatoms. The molecule has 0 N–H and O–H groups in total. The molecule has 0 spiro atoms. The second-order valence-corrected chi connectivity index (χ2v) is 4.20. The molecule has 12 heavy (non-hydrogen) atoms. The summed E-state index contributed by atoms with van der Waals surface area (Å²) < 4.78 is 0. The normalized spacial score (nSPS) is 36.9. The van der Waals surface area contributed by atoms with Crippen molar-refractivity contribution in [3.8, 4) is 0 Å². The summed E-state index contributed by atoms with van der Waals surface area (Å²) in [5.74, 6) is 2.68. The molecule has 62 valence electrons. The van der Waals surface area contributed by atoms with Gasteiger partial charge in [0.15, 0.2) is 0 Å². The predicted molar refractivity (Wildman–Crippen MR) is 48.0 cm³/mol. The number of rotatable bonds is 0. The van der Waals surface area contributed by atoms with Gasteiger partial charge in [-0.1, -0.05) is 13.0 Å². The van der Waals surface area contributed by atoms with Gasteiger partial charge in [-0.25, -0.2) is 0 Å². The lowest BCUT2D eigenvalue weighted by atomic mass is 9.88. The van der Waals surface area contributed by atoms with Crippen LogP contribution in [0.25, 0.3) is 0 Å². The molecule has 0 radical (unpaired) electrons. The molecule has 1 fully saturated rings. The average Bonchev–Trinajstić information content (AvgIpc) is 2.84. The van der Waals surface area contributed by atoms with E-state index in [1.165, 1.54) is 24.1 Å². The quantitative estimate of drug-likeness (QED) is 0.566. The molecule has 1 nitrogen and oxygen atoms in total. The number of hydrogen-bond donors (Lipinski definition) is 0. The molecular formula is C11H13N. The molecule has 1 saturated carbocycles. The molecule has 0 saturated heterocycles. The maximum absolute atomic E-state index is 4.48. The number of hydrogen-bond acceptors (Lipinski definition) is 1. The van der Waals surface area contributed by atoms with Gasteiger partial charge in [0, 0.05) is 17.8 Å². The summed E-state index contributed by atoms with van der Waals surface area (Å²) in [5, 5.41) is 0. The van der Waals surface area contributed by atoms with Crippen molar-refractivity contribution in [2.24, 2.45) is 11.8 Å². The maximum atomic E-state index is 4.48. The highest BCUT2D eigenvalue weighted by atomic mass is 14.7. The van der Waals surface area contributed by atoms with Crippen LogP contribution in [0.15, 0.2) is 18.3 Å². The molecule has 0 aromatic carbocycles. The highest BCUT2D eigenvalue weighted by Crippen LogP contribution is 2.53. The molecule has 3 unspecified atom stereocenters. The second kappa shape index (κ2) is 2.09. The van der Waals surface area contributed by atoms with Crippen molar-refractivity contribution in [2.75, 3.05) is 0 Å². The minimum Gasteiger partial charge on any atom is -0.261 e. The fourth-order valence-electron chi connectivity index (χ4n) is 2.64.